The van der Waals surface area contributed by atoms with Gasteiger partial charge < -0.3 is 20.3 Å². The third-order valence-electron chi connectivity index (χ3n) is 3.80. The summed E-state index contributed by atoms with van der Waals surface area (Å²) in [5.74, 6) is 0.563. The maximum absolute atomic E-state index is 12.4. The fraction of sp³-hybridized carbons (Fsp3) is 0.389. The summed E-state index contributed by atoms with van der Waals surface area (Å²) in [6, 6.07) is 5.55. The molecule has 8 heteroatoms. The number of ether oxygens (including phenoxy) is 1. The van der Waals surface area contributed by atoms with Crippen molar-refractivity contribution in [3.63, 3.8) is 0 Å². The summed E-state index contributed by atoms with van der Waals surface area (Å²) in [6.45, 7) is 1.97. The van der Waals surface area contributed by atoms with Crippen LogP contribution in [0, 0.1) is 0 Å². The summed E-state index contributed by atoms with van der Waals surface area (Å²) in [7, 11) is 1.59. The molecule has 2 N–H and O–H groups in total. The molecule has 0 aliphatic carbocycles. The molecule has 136 valence electrons. The number of fused-ring (bicyclic) bond motifs is 1. The Labute approximate surface area is 174 Å². The van der Waals surface area contributed by atoms with E-state index in [1.165, 1.54) is 6.92 Å². The fourth-order valence-electron chi connectivity index (χ4n) is 2.62. The van der Waals surface area contributed by atoms with E-state index in [-0.39, 0.29) is 59.7 Å². The van der Waals surface area contributed by atoms with Crippen molar-refractivity contribution in [1.82, 2.24) is 9.88 Å². The molecule has 0 spiro atoms. The normalized spacial score (nSPS) is 9.77. The molecule has 1 amide bonds. The molecule has 0 unspecified atom stereocenters. The average molecular weight is 369 g/mol. The van der Waals surface area contributed by atoms with Crippen LogP contribution in [0.1, 0.15) is 36.5 Å². The first kappa shape index (κ1) is 24.3. The Kier molecular flexibility index (Phi) is 11.1. The van der Waals surface area contributed by atoms with Gasteiger partial charge in [0, 0.05) is 31.5 Å². The molecule has 0 bridgehead atoms. The van der Waals surface area contributed by atoms with Crippen LogP contribution >= 0.6 is 0 Å². The summed E-state index contributed by atoms with van der Waals surface area (Å²) in [6.07, 6.45) is 5.25. The van der Waals surface area contributed by atoms with Gasteiger partial charge in [-0.25, -0.2) is 0 Å². The fourth-order valence-corrected chi connectivity index (χ4v) is 2.62. The Bertz CT molecular complexity index is 757. The monoisotopic (exact) mass is 369 g/mol. The summed E-state index contributed by atoms with van der Waals surface area (Å²) >= 11 is 0. The number of carbonyl (C=O) groups excluding carboxylic acids is 3. The number of unbranched alkanes of at least 4 members (excludes halogenated alkanes) is 1. The third-order valence-corrected chi connectivity index (χ3v) is 3.80. The quantitative estimate of drug-likeness (QED) is 0.368. The van der Waals surface area contributed by atoms with Gasteiger partial charge in [-0.15, -0.1) is 0 Å². The molecular weight excluding hydrogens is 347 g/mol. The van der Waals surface area contributed by atoms with E-state index in [1.807, 2.05) is 18.2 Å². The molecule has 0 fully saturated rings. The summed E-state index contributed by atoms with van der Waals surface area (Å²) in [5.41, 5.74) is 1.77. The standard InChI is InChI=1S/C18H21N2O4.Na.H2O/c1-13(22)19-9-8-14-12-20(18(23)5-3-4-10-21)17-7-6-15(24-2)11-16(14)17;;/h6-7,11-12H,3-5,8-9H2,1-2H3,(H,19,22);;1H2/q-1;+1;/p-1. The molecule has 2 rings (SSSR count). The molecular formula is C18H22N2NaO5-. The maximum atomic E-state index is 12.4. The van der Waals surface area contributed by atoms with Crippen molar-refractivity contribution >= 4 is 29.0 Å². The van der Waals surface area contributed by atoms with Gasteiger partial charge in [-0.2, -0.15) is 6.42 Å². The number of rotatable bonds is 8. The zero-order valence-corrected chi connectivity index (χ0v) is 17.4. The molecule has 0 radical (unpaired) electrons. The van der Waals surface area contributed by atoms with Crippen LogP contribution in [0.5, 0.6) is 5.75 Å². The first-order valence-corrected chi connectivity index (χ1v) is 7.87. The van der Waals surface area contributed by atoms with Gasteiger partial charge in [0.25, 0.3) is 0 Å². The van der Waals surface area contributed by atoms with Crippen LogP contribution in [-0.4, -0.2) is 41.8 Å². The van der Waals surface area contributed by atoms with Gasteiger partial charge in [-0.1, -0.05) is 6.42 Å². The number of hydrogen-bond donors (Lipinski definition) is 1. The van der Waals surface area contributed by atoms with E-state index in [1.54, 1.807) is 24.2 Å². The van der Waals surface area contributed by atoms with E-state index in [0.717, 1.165) is 16.5 Å². The number of methoxy groups -OCH3 is 1. The number of carbonyl (C=O) groups is 2. The predicted octanol–water partition coefficient (Wildman–Crippen LogP) is -0.924. The number of nitrogens with zero attached hydrogens (tertiary/aromatic N) is 1. The minimum Gasteiger partial charge on any atom is -0.870 e. The largest absolute Gasteiger partial charge is 1.00 e. The van der Waals surface area contributed by atoms with E-state index >= 15 is 0 Å². The number of amides is 1. The van der Waals surface area contributed by atoms with E-state index < -0.39 is 0 Å². The Morgan fingerprint density at radius 3 is 2.65 bits per heavy atom. The maximum Gasteiger partial charge on any atom is 1.00 e. The molecule has 26 heavy (non-hydrogen) atoms. The number of hydrogen-bond acceptors (Lipinski definition) is 5. The Balaban J connectivity index is 0.00000312. The smallest absolute Gasteiger partial charge is 0.870 e. The molecule has 1 aromatic heterocycles. The molecule has 0 saturated heterocycles. The van der Waals surface area contributed by atoms with Crippen LogP contribution < -0.4 is 39.6 Å². The van der Waals surface area contributed by atoms with Crippen molar-refractivity contribution in [2.45, 2.75) is 32.6 Å². The van der Waals surface area contributed by atoms with Crippen molar-refractivity contribution < 1.29 is 54.2 Å². The molecule has 7 nitrogen and oxygen atoms in total. The molecule has 1 heterocycles. The summed E-state index contributed by atoms with van der Waals surface area (Å²) in [4.78, 5) is 33.7. The van der Waals surface area contributed by atoms with Crippen molar-refractivity contribution in [3.8, 4) is 5.75 Å². The van der Waals surface area contributed by atoms with Gasteiger partial charge in [-0.05, 0) is 30.2 Å². The molecule has 0 saturated carbocycles. The minimum atomic E-state index is -0.0856. The van der Waals surface area contributed by atoms with Crippen LogP contribution in [0.15, 0.2) is 24.4 Å². The van der Waals surface area contributed by atoms with E-state index in [2.05, 4.69) is 5.32 Å². The second-order valence-corrected chi connectivity index (χ2v) is 5.53. The summed E-state index contributed by atoms with van der Waals surface area (Å²) in [5, 5.41) is 3.69. The van der Waals surface area contributed by atoms with Crippen molar-refractivity contribution in [2.24, 2.45) is 0 Å². The SMILES string of the molecule is COc1ccc2c(c1)c(CCNC(C)=O)cn2C(=O)CCC[C-]=O.[Na+].[OH-]. The first-order valence-electron chi connectivity index (χ1n) is 7.87. The predicted molar refractivity (Wildman–Crippen MR) is 93.0 cm³/mol. The zero-order valence-electron chi connectivity index (χ0n) is 15.4. The van der Waals surface area contributed by atoms with Crippen molar-refractivity contribution in [1.29, 1.82) is 0 Å². The molecule has 1 aromatic carbocycles. The number of aromatic nitrogens is 1. The van der Waals surface area contributed by atoms with E-state index in [0.29, 0.717) is 25.1 Å². The number of nitrogens with one attached hydrogen (secondary N) is 1. The average Bonchev–Trinajstić information content (AvgIpc) is 2.92. The van der Waals surface area contributed by atoms with Gasteiger partial charge in [0.05, 0.1) is 12.6 Å². The van der Waals surface area contributed by atoms with Gasteiger partial charge in [-0.3, -0.25) is 20.4 Å². The van der Waals surface area contributed by atoms with Crippen LogP contribution in [-0.2, 0) is 16.0 Å². The minimum absolute atomic E-state index is 0. The topological polar surface area (TPSA) is 107 Å². The Morgan fingerprint density at radius 2 is 2.04 bits per heavy atom. The second kappa shape index (κ2) is 11.9. The molecule has 2 aromatic rings. The van der Waals surface area contributed by atoms with Crippen LogP contribution in [0.25, 0.3) is 10.9 Å². The van der Waals surface area contributed by atoms with Gasteiger partial charge >= 0.3 is 29.6 Å². The van der Waals surface area contributed by atoms with E-state index in [4.69, 9.17) is 4.74 Å². The number of benzene rings is 1. The van der Waals surface area contributed by atoms with Gasteiger partial charge in [0.2, 0.25) is 11.8 Å². The van der Waals surface area contributed by atoms with Crippen LogP contribution in [0.2, 0.25) is 0 Å². The molecule has 0 aliphatic rings. The van der Waals surface area contributed by atoms with Crippen molar-refractivity contribution in [2.75, 3.05) is 13.7 Å². The van der Waals surface area contributed by atoms with Gasteiger partial charge in [0.1, 0.15) is 5.75 Å². The molecule has 0 aliphatic heterocycles. The Morgan fingerprint density at radius 1 is 1.31 bits per heavy atom. The van der Waals surface area contributed by atoms with Crippen molar-refractivity contribution in [3.05, 3.63) is 30.0 Å². The Hall–Kier alpha value is -1.67. The third kappa shape index (κ3) is 6.25. The molecule has 0 atom stereocenters. The van der Waals surface area contributed by atoms with Crippen LogP contribution in [0.4, 0.5) is 0 Å². The second-order valence-electron chi connectivity index (χ2n) is 5.53. The first-order chi connectivity index (χ1) is 11.6. The van der Waals surface area contributed by atoms with Gasteiger partial charge in [0.15, 0.2) is 0 Å². The summed E-state index contributed by atoms with van der Waals surface area (Å²) < 4.78 is 6.88. The zero-order chi connectivity index (χ0) is 17.5. The van der Waals surface area contributed by atoms with E-state index in [9.17, 15) is 14.4 Å². The van der Waals surface area contributed by atoms with Crippen LogP contribution in [0.3, 0.4) is 0 Å².